The fourth-order valence-electron chi connectivity index (χ4n) is 2.08. The number of nitro groups is 2. The molecule has 0 bridgehead atoms. The maximum absolute atomic E-state index is 12.3. The van der Waals surface area contributed by atoms with E-state index < -0.39 is 33.2 Å². The van der Waals surface area contributed by atoms with Gasteiger partial charge in [0.15, 0.2) is 0 Å². The fourth-order valence-corrected chi connectivity index (χ4v) is 2.28. The highest BCUT2D eigenvalue weighted by Crippen LogP contribution is 2.24. The predicted octanol–water partition coefficient (Wildman–Crippen LogP) is 3.65. The van der Waals surface area contributed by atoms with E-state index in [-0.39, 0.29) is 5.56 Å². The summed E-state index contributed by atoms with van der Waals surface area (Å²) in [6.07, 6.45) is 0. The molecule has 0 saturated heterocycles. The Kier molecular flexibility index (Phi) is 5.10. The quantitative estimate of drug-likeness (QED) is 0.653. The number of nitro benzene ring substituents is 2. The Morgan fingerprint density at radius 3 is 2.17 bits per heavy atom. The Hall–Kier alpha value is -3.00. The van der Waals surface area contributed by atoms with Crippen LogP contribution in [0.3, 0.4) is 0 Å². The molecule has 0 fully saturated rings. The lowest BCUT2D eigenvalue weighted by atomic mass is 10.1. The second-order valence-electron chi connectivity index (χ2n) is 5.00. The van der Waals surface area contributed by atoms with Crippen LogP contribution in [0.2, 0.25) is 5.02 Å². The zero-order chi connectivity index (χ0) is 17.9. The summed E-state index contributed by atoms with van der Waals surface area (Å²) < 4.78 is 0. The zero-order valence-corrected chi connectivity index (χ0v) is 13.2. The van der Waals surface area contributed by atoms with Gasteiger partial charge in [-0.1, -0.05) is 23.7 Å². The molecule has 0 spiro atoms. The van der Waals surface area contributed by atoms with E-state index in [2.05, 4.69) is 5.32 Å². The topological polar surface area (TPSA) is 115 Å². The minimum Gasteiger partial charge on any atom is -0.346 e. The van der Waals surface area contributed by atoms with Crippen LogP contribution in [0.25, 0.3) is 0 Å². The highest BCUT2D eigenvalue weighted by molar-refractivity contribution is 6.30. The van der Waals surface area contributed by atoms with Crippen LogP contribution in [0.1, 0.15) is 28.9 Å². The van der Waals surface area contributed by atoms with Crippen molar-refractivity contribution in [3.63, 3.8) is 0 Å². The summed E-state index contributed by atoms with van der Waals surface area (Å²) in [4.78, 5) is 32.4. The standard InChI is InChI=1S/C15H12ClN3O5/c1-9(10-3-2-4-12(16)5-10)17-15(20)11-6-13(18(21)22)8-14(7-11)19(23)24/h2-9H,1H3,(H,17,20). The summed E-state index contributed by atoms with van der Waals surface area (Å²) in [7, 11) is 0. The van der Waals surface area contributed by atoms with Crippen LogP contribution >= 0.6 is 11.6 Å². The molecule has 2 aromatic rings. The monoisotopic (exact) mass is 349 g/mol. The number of nitrogens with zero attached hydrogens (tertiary/aromatic N) is 2. The zero-order valence-electron chi connectivity index (χ0n) is 12.4. The first kappa shape index (κ1) is 17.4. The van der Waals surface area contributed by atoms with Crippen molar-refractivity contribution in [2.75, 3.05) is 0 Å². The predicted molar refractivity (Wildman–Crippen MR) is 87.1 cm³/mol. The van der Waals surface area contributed by atoms with Crippen LogP contribution in [-0.2, 0) is 0 Å². The van der Waals surface area contributed by atoms with Crippen LogP contribution in [-0.4, -0.2) is 15.8 Å². The van der Waals surface area contributed by atoms with Gasteiger partial charge in [-0.05, 0) is 24.6 Å². The molecule has 0 aliphatic heterocycles. The average molecular weight is 350 g/mol. The largest absolute Gasteiger partial charge is 0.346 e. The second-order valence-corrected chi connectivity index (χ2v) is 5.44. The first-order valence-electron chi connectivity index (χ1n) is 6.78. The van der Waals surface area contributed by atoms with Crippen molar-refractivity contribution in [2.45, 2.75) is 13.0 Å². The van der Waals surface area contributed by atoms with Crippen molar-refractivity contribution in [3.8, 4) is 0 Å². The lowest BCUT2D eigenvalue weighted by molar-refractivity contribution is -0.394. The summed E-state index contributed by atoms with van der Waals surface area (Å²) in [6.45, 7) is 1.70. The highest BCUT2D eigenvalue weighted by atomic mass is 35.5. The van der Waals surface area contributed by atoms with Crippen LogP contribution in [0.4, 0.5) is 11.4 Å². The Morgan fingerprint density at radius 2 is 1.67 bits per heavy atom. The maximum atomic E-state index is 12.3. The molecule has 1 N–H and O–H groups in total. The summed E-state index contributed by atoms with van der Waals surface area (Å²) in [5.41, 5.74) is -0.477. The normalized spacial score (nSPS) is 11.6. The number of hydrogen-bond acceptors (Lipinski definition) is 5. The number of nitrogens with one attached hydrogen (secondary N) is 1. The SMILES string of the molecule is CC(NC(=O)c1cc([N+](=O)[O-])cc([N+](=O)[O-])c1)c1cccc(Cl)c1. The third-order valence-electron chi connectivity index (χ3n) is 3.28. The molecule has 2 rings (SSSR count). The molecule has 2 aromatic carbocycles. The van der Waals surface area contributed by atoms with E-state index in [1.165, 1.54) is 0 Å². The van der Waals surface area contributed by atoms with Gasteiger partial charge in [0.25, 0.3) is 17.3 Å². The van der Waals surface area contributed by atoms with Gasteiger partial charge in [-0.25, -0.2) is 0 Å². The molecule has 8 nitrogen and oxygen atoms in total. The lowest BCUT2D eigenvalue weighted by Gasteiger charge is -2.14. The number of halogens is 1. The third-order valence-corrected chi connectivity index (χ3v) is 3.52. The van der Waals surface area contributed by atoms with Gasteiger partial charge in [0.05, 0.1) is 27.5 Å². The molecule has 0 saturated carbocycles. The van der Waals surface area contributed by atoms with Gasteiger partial charge < -0.3 is 5.32 Å². The van der Waals surface area contributed by atoms with Gasteiger partial charge in [0.1, 0.15) is 0 Å². The molecule has 124 valence electrons. The van der Waals surface area contributed by atoms with Crippen molar-refractivity contribution >= 4 is 28.9 Å². The van der Waals surface area contributed by atoms with Crippen LogP contribution in [0.15, 0.2) is 42.5 Å². The van der Waals surface area contributed by atoms with Crippen LogP contribution < -0.4 is 5.32 Å². The molecule has 24 heavy (non-hydrogen) atoms. The van der Waals surface area contributed by atoms with Crippen molar-refractivity contribution in [2.24, 2.45) is 0 Å². The van der Waals surface area contributed by atoms with Gasteiger partial charge in [0, 0.05) is 17.2 Å². The van der Waals surface area contributed by atoms with Gasteiger partial charge in [-0.15, -0.1) is 0 Å². The number of amides is 1. The van der Waals surface area contributed by atoms with Crippen molar-refractivity contribution in [3.05, 3.63) is 78.8 Å². The van der Waals surface area contributed by atoms with E-state index in [9.17, 15) is 25.0 Å². The first-order valence-corrected chi connectivity index (χ1v) is 7.16. The molecule has 9 heteroatoms. The summed E-state index contributed by atoms with van der Waals surface area (Å²) >= 11 is 5.89. The maximum Gasteiger partial charge on any atom is 0.277 e. The van der Waals surface area contributed by atoms with Gasteiger partial charge in [-0.3, -0.25) is 25.0 Å². The van der Waals surface area contributed by atoms with Gasteiger partial charge in [-0.2, -0.15) is 0 Å². The molecular formula is C15H12ClN3O5. The molecule has 1 amide bonds. The smallest absolute Gasteiger partial charge is 0.277 e. The Morgan fingerprint density at radius 1 is 1.08 bits per heavy atom. The Labute approximate surface area is 141 Å². The summed E-state index contributed by atoms with van der Waals surface area (Å²) in [5.74, 6) is -0.658. The van der Waals surface area contributed by atoms with E-state index in [1.807, 2.05) is 0 Å². The van der Waals surface area contributed by atoms with E-state index in [0.717, 1.165) is 23.8 Å². The number of hydrogen-bond donors (Lipinski definition) is 1. The number of rotatable bonds is 5. The molecule has 0 aliphatic rings. The van der Waals surface area contributed by atoms with E-state index >= 15 is 0 Å². The number of carbonyl (C=O) groups excluding carboxylic acids is 1. The van der Waals surface area contributed by atoms with Gasteiger partial charge in [0.2, 0.25) is 0 Å². The van der Waals surface area contributed by atoms with Crippen molar-refractivity contribution in [1.29, 1.82) is 0 Å². The second kappa shape index (κ2) is 7.05. The molecule has 0 heterocycles. The Balaban J connectivity index is 2.28. The molecular weight excluding hydrogens is 338 g/mol. The number of carbonyl (C=O) groups is 1. The summed E-state index contributed by atoms with van der Waals surface area (Å²) in [5, 5.41) is 24.9. The van der Waals surface area contributed by atoms with E-state index in [0.29, 0.717) is 5.02 Å². The van der Waals surface area contributed by atoms with Crippen LogP contribution in [0, 0.1) is 20.2 Å². The molecule has 1 unspecified atom stereocenters. The molecule has 1 atom stereocenters. The van der Waals surface area contributed by atoms with Crippen molar-refractivity contribution < 1.29 is 14.6 Å². The minimum atomic E-state index is -0.788. The van der Waals surface area contributed by atoms with Crippen LogP contribution in [0.5, 0.6) is 0 Å². The van der Waals surface area contributed by atoms with Crippen molar-refractivity contribution in [1.82, 2.24) is 5.32 Å². The fraction of sp³-hybridized carbons (Fsp3) is 0.133. The minimum absolute atomic E-state index is 0.162. The highest BCUT2D eigenvalue weighted by Gasteiger charge is 2.21. The molecule has 0 aliphatic carbocycles. The average Bonchev–Trinajstić information content (AvgIpc) is 2.54. The Bertz CT molecular complexity index is 792. The first-order chi connectivity index (χ1) is 11.3. The van der Waals surface area contributed by atoms with E-state index in [1.54, 1.807) is 31.2 Å². The third kappa shape index (κ3) is 4.05. The lowest BCUT2D eigenvalue weighted by Crippen LogP contribution is -2.26. The summed E-state index contributed by atoms with van der Waals surface area (Å²) in [6, 6.07) is 9.18. The van der Waals surface area contributed by atoms with Gasteiger partial charge >= 0.3 is 0 Å². The van der Waals surface area contributed by atoms with E-state index in [4.69, 9.17) is 11.6 Å². The number of benzene rings is 2. The number of non-ortho nitro benzene ring substituents is 2. The molecule has 0 aromatic heterocycles. The molecule has 0 radical (unpaired) electrons.